The van der Waals surface area contributed by atoms with Gasteiger partial charge in [-0.1, -0.05) is 18.2 Å². The molecule has 1 unspecified atom stereocenters. The van der Waals surface area contributed by atoms with Gasteiger partial charge < -0.3 is 29.9 Å². The number of hydrogen-bond acceptors (Lipinski definition) is 7. The smallest absolute Gasteiger partial charge is 0.270 e. The Hall–Kier alpha value is -3.01. The van der Waals surface area contributed by atoms with E-state index in [0.717, 1.165) is 25.3 Å². The fourth-order valence-corrected chi connectivity index (χ4v) is 4.31. The third kappa shape index (κ3) is 7.00. The van der Waals surface area contributed by atoms with Gasteiger partial charge in [-0.05, 0) is 43.3 Å². The zero-order valence-electron chi connectivity index (χ0n) is 20.5. The minimum atomic E-state index is -0.749. The van der Waals surface area contributed by atoms with Crippen LogP contribution >= 0.6 is 0 Å². The fraction of sp³-hybridized carbons (Fsp3) is 0.500. The highest BCUT2D eigenvalue weighted by molar-refractivity contribution is 5.96. The van der Waals surface area contributed by atoms with Crippen LogP contribution in [-0.2, 0) is 9.53 Å². The van der Waals surface area contributed by atoms with Crippen LogP contribution in [-0.4, -0.2) is 98.8 Å². The van der Waals surface area contributed by atoms with Gasteiger partial charge in [-0.15, -0.1) is 0 Å². The molecule has 1 aromatic carbocycles. The molecule has 2 amide bonds. The first-order valence-electron chi connectivity index (χ1n) is 12.2. The molecule has 4 rings (SSSR count). The number of likely N-dealkylation sites (N-methyl/N-ethyl adjacent to an activating group) is 1. The van der Waals surface area contributed by atoms with Crippen LogP contribution in [0.3, 0.4) is 0 Å². The topological polar surface area (TPSA) is 96.0 Å². The molecule has 188 valence electrons. The number of methoxy groups -OCH3 is 1. The molecule has 35 heavy (non-hydrogen) atoms. The number of carbonyl (C=O) groups excluding carboxylic acids is 2. The molecular formula is C26H35N5O4. The van der Waals surface area contributed by atoms with Crippen molar-refractivity contribution in [2.75, 3.05) is 60.1 Å². The van der Waals surface area contributed by atoms with Crippen LogP contribution in [0, 0.1) is 0 Å². The third-order valence-electron chi connectivity index (χ3n) is 6.59. The normalized spacial score (nSPS) is 20.8. The van der Waals surface area contributed by atoms with Crippen LogP contribution in [0.4, 0.5) is 0 Å². The molecular weight excluding hydrogens is 446 g/mol. The summed E-state index contributed by atoms with van der Waals surface area (Å²) in [5.41, 5.74) is 1.59. The quantitative estimate of drug-likeness (QED) is 0.465. The van der Waals surface area contributed by atoms with Crippen LogP contribution in [0.2, 0.25) is 0 Å². The van der Waals surface area contributed by atoms with Crippen molar-refractivity contribution in [2.24, 2.45) is 0 Å². The highest BCUT2D eigenvalue weighted by Gasteiger charge is 2.37. The number of hydrogen-bond donors (Lipinski definition) is 2. The molecule has 0 bridgehead atoms. The van der Waals surface area contributed by atoms with Crippen LogP contribution in [0.15, 0.2) is 48.7 Å². The van der Waals surface area contributed by atoms with Crippen molar-refractivity contribution in [3.63, 3.8) is 0 Å². The Morgan fingerprint density at radius 2 is 1.89 bits per heavy atom. The summed E-state index contributed by atoms with van der Waals surface area (Å²) in [6.45, 7) is 4.17. The maximum absolute atomic E-state index is 13.2. The van der Waals surface area contributed by atoms with Crippen molar-refractivity contribution in [1.29, 1.82) is 0 Å². The Labute approximate surface area is 206 Å². The number of ether oxygens (including phenoxy) is 2. The van der Waals surface area contributed by atoms with Gasteiger partial charge in [0.2, 0.25) is 5.91 Å². The van der Waals surface area contributed by atoms with Crippen LogP contribution in [0.25, 0.3) is 0 Å². The highest BCUT2D eigenvalue weighted by Crippen LogP contribution is 2.41. The SMILES string of the molecule is COc1ccc([C@@H]2CC2NCCOC[C@H](NC(=O)c2ccccn2)C(=O)N2CCN(C)CC2)cc1. The van der Waals surface area contributed by atoms with E-state index in [1.807, 2.05) is 19.2 Å². The number of carbonyl (C=O) groups is 2. The first-order valence-corrected chi connectivity index (χ1v) is 12.2. The number of aromatic nitrogens is 1. The van der Waals surface area contributed by atoms with E-state index in [-0.39, 0.29) is 24.1 Å². The lowest BCUT2D eigenvalue weighted by Gasteiger charge is -2.34. The van der Waals surface area contributed by atoms with Crippen molar-refractivity contribution in [1.82, 2.24) is 25.4 Å². The Morgan fingerprint density at radius 1 is 1.11 bits per heavy atom. The van der Waals surface area contributed by atoms with Crippen LogP contribution in [0.5, 0.6) is 5.75 Å². The fourth-order valence-electron chi connectivity index (χ4n) is 4.31. The molecule has 9 nitrogen and oxygen atoms in total. The van der Waals surface area contributed by atoms with Gasteiger partial charge in [-0.2, -0.15) is 0 Å². The molecule has 0 spiro atoms. The Kier molecular flexibility index (Phi) is 8.68. The van der Waals surface area contributed by atoms with E-state index in [1.165, 1.54) is 5.56 Å². The van der Waals surface area contributed by atoms with Crippen LogP contribution in [0.1, 0.15) is 28.4 Å². The standard InChI is InChI=1S/C26H35N5O4/c1-30-12-14-31(15-13-30)26(33)24(29-25(32)22-5-3-4-10-27-22)18-35-16-11-28-23-17-21(23)19-6-8-20(34-2)9-7-19/h3-10,21,23-24,28H,11-18H2,1-2H3,(H,29,32)/t21-,23?,24-/m0/s1. The maximum atomic E-state index is 13.2. The molecule has 2 aliphatic rings. The average Bonchev–Trinajstić information content (AvgIpc) is 3.68. The lowest BCUT2D eigenvalue weighted by atomic mass is 10.1. The van der Waals surface area contributed by atoms with Gasteiger partial charge in [0.05, 0.1) is 20.3 Å². The summed E-state index contributed by atoms with van der Waals surface area (Å²) in [6.07, 6.45) is 2.66. The van der Waals surface area contributed by atoms with E-state index in [9.17, 15) is 9.59 Å². The lowest BCUT2D eigenvalue weighted by Crippen LogP contribution is -2.55. The molecule has 1 aliphatic carbocycles. The second-order valence-electron chi connectivity index (χ2n) is 9.12. The number of rotatable bonds is 11. The summed E-state index contributed by atoms with van der Waals surface area (Å²) >= 11 is 0. The Bertz CT molecular complexity index is 963. The summed E-state index contributed by atoms with van der Waals surface area (Å²) < 4.78 is 11.1. The van der Waals surface area contributed by atoms with E-state index in [1.54, 1.807) is 36.4 Å². The van der Waals surface area contributed by atoms with E-state index in [0.29, 0.717) is 38.2 Å². The van der Waals surface area contributed by atoms with Gasteiger partial charge in [0, 0.05) is 50.9 Å². The van der Waals surface area contributed by atoms with Crippen molar-refractivity contribution in [3.05, 3.63) is 59.9 Å². The number of nitrogens with one attached hydrogen (secondary N) is 2. The molecule has 9 heteroatoms. The van der Waals surface area contributed by atoms with Crippen molar-refractivity contribution < 1.29 is 19.1 Å². The molecule has 2 heterocycles. The maximum Gasteiger partial charge on any atom is 0.270 e. The second-order valence-corrected chi connectivity index (χ2v) is 9.12. The summed E-state index contributed by atoms with van der Waals surface area (Å²) in [5.74, 6) is 0.880. The molecule has 1 saturated heterocycles. The molecule has 1 aliphatic heterocycles. The molecule has 2 N–H and O–H groups in total. The molecule has 3 atom stereocenters. The molecule has 1 saturated carbocycles. The average molecular weight is 482 g/mol. The minimum absolute atomic E-state index is 0.114. The first-order chi connectivity index (χ1) is 17.0. The van der Waals surface area contributed by atoms with E-state index in [4.69, 9.17) is 9.47 Å². The summed E-state index contributed by atoms with van der Waals surface area (Å²) in [5, 5.41) is 6.35. The van der Waals surface area contributed by atoms with Gasteiger partial charge in [0.25, 0.3) is 5.91 Å². The van der Waals surface area contributed by atoms with Crippen molar-refractivity contribution in [2.45, 2.75) is 24.4 Å². The number of nitrogens with zero attached hydrogens (tertiary/aromatic N) is 3. The third-order valence-corrected chi connectivity index (χ3v) is 6.59. The lowest BCUT2D eigenvalue weighted by molar-refractivity contribution is -0.136. The summed E-state index contributed by atoms with van der Waals surface area (Å²) in [7, 11) is 3.71. The zero-order chi connectivity index (χ0) is 24.6. The highest BCUT2D eigenvalue weighted by atomic mass is 16.5. The van der Waals surface area contributed by atoms with Crippen molar-refractivity contribution >= 4 is 11.8 Å². The van der Waals surface area contributed by atoms with Crippen LogP contribution < -0.4 is 15.4 Å². The number of pyridine rings is 1. The molecule has 0 radical (unpaired) electrons. The zero-order valence-corrected chi connectivity index (χ0v) is 20.5. The number of benzene rings is 1. The first kappa shape index (κ1) is 25.1. The van der Waals surface area contributed by atoms with Gasteiger partial charge in [-0.3, -0.25) is 14.6 Å². The van der Waals surface area contributed by atoms with E-state index in [2.05, 4.69) is 32.7 Å². The van der Waals surface area contributed by atoms with Gasteiger partial charge in [0.1, 0.15) is 17.5 Å². The molecule has 1 aromatic heterocycles. The molecule has 2 fully saturated rings. The predicted octanol–water partition coefficient (Wildman–Crippen LogP) is 1.12. The summed E-state index contributed by atoms with van der Waals surface area (Å²) in [4.78, 5) is 33.9. The van der Waals surface area contributed by atoms with Crippen molar-refractivity contribution in [3.8, 4) is 5.75 Å². The van der Waals surface area contributed by atoms with Gasteiger partial charge >= 0.3 is 0 Å². The second kappa shape index (κ2) is 12.1. The van der Waals surface area contributed by atoms with E-state index < -0.39 is 6.04 Å². The monoisotopic (exact) mass is 481 g/mol. The number of piperazine rings is 1. The van der Waals surface area contributed by atoms with Gasteiger partial charge in [-0.25, -0.2) is 0 Å². The Morgan fingerprint density at radius 3 is 2.57 bits per heavy atom. The van der Waals surface area contributed by atoms with E-state index >= 15 is 0 Å². The van der Waals surface area contributed by atoms with Gasteiger partial charge in [0.15, 0.2) is 0 Å². The predicted molar refractivity (Wildman–Crippen MR) is 133 cm³/mol. The summed E-state index contributed by atoms with van der Waals surface area (Å²) in [6, 6.07) is 13.0. The minimum Gasteiger partial charge on any atom is -0.497 e. The largest absolute Gasteiger partial charge is 0.497 e. The number of amides is 2. The Balaban J connectivity index is 1.24. The molecule has 2 aromatic rings.